The van der Waals surface area contributed by atoms with Crippen LogP contribution < -0.4 is 5.32 Å². The molecular weight excluding hydrogens is 204 g/mol. The molecule has 15 heavy (non-hydrogen) atoms. The zero-order chi connectivity index (χ0) is 11.3. The van der Waals surface area contributed by atoms with Gasteiger partial charge in [-0.05, 0) is 33.4 Å². The summed E-state index contributed by atoms with van der Waals surface area (Å²) in [6.07, 6.45) is 1.28. The molecular formula is C12H26N2S. The molecule has 0 bridgehead atoms. The lowest BCUT2D eigenvalue weighted by Crippen LogP contribution is -2.44. The van der Waals surface area contributed by atoms with E-state index >= 15 is 0 Å². The van der Waals surface area contributed by atoms with Crippen LogP contribution in [0, 0.1) is 0 Å². The largest absolute Gasteiger partial charge is 0.314 e. The molecule has 2 nitrogen and oxygen atoms in total. The maximum absolute atomic E-state index is 3.47. The molecule has 1 fully saturated rings. The first-order valence-electron chi connectivity index (χ1n) is 6.09. The van der Waals surface area contributed by atoms with Gasteiger partial charge in [0.15, 0.2) is 0 Å². The predicted molar refractivity (Wildman–Crippen MR) is 70.7 cm³/mol. The summed E-state index contributed by atoms with van der Waals surface area (Å²) in [5, 5.41) is 3.47. The Morgan fingerprint density at radius 3 is 2.73 bits per heavy atom. The monoisotopic (exact) mass is 230 g/mol. The molecule has 1 rings (SSSR count). The lowest BCUT2D eigenvalue weighted by atomic mass is 10.2. The van der Waals surface area contributed by atoms with Gasteiger partial charge in [0, 0.05) is 29.6 Å². The van der Waals surface area contributed by atoms with Crippen LogP contribution in [0.2, 0.25) is 0 Å². The number of rotatable bonds is 5. The molecule has 0 aliphatic carbocycles. The van der Waals surface area contributed by atoms with Crippen molar-refractivity contribution in [2.75, 3.05) is 31.9 Å². The first-order chi connectivity index (χ1) is 6.99. The molecule has 0 radical (unpaired) electrons. The number of thioether (sulfide) groups is 1. The molecule has 3 heteroatoms. The van der Waals surface area contributed by atoms with Crippen molar-refractivity contribution in [3.63, 3.8) is 0 Å². The Bertz CT molecular complexity index is 180. The molecule has 1 N–H and O–H groups in total. The van der Waals surface area contributed by atoms with Gasteiger partial charge in [0.1, 0.15) is 0 Å². The fourth-order valence-electron chi connectivity index (χ4n) is 2.00. The molecule has 0 amide bonds. The van der Waals surface area contributed by atoms with Gasteiger partial charge >= 0.3 is 0 Å². The van der Waals surface area contributed by atoms with Crippen molar-refractivity contribution in [3.8, 4) is 0 Å². The highest BCUT2D eigenvalue weighted by Crippen LogP contribution is 2.29. The molecule has 0 aromatic carbocycles. The van der Waals surface area contributed by atoms with E-state index < -0.39 is 0 Å². The topological polar surface area (TPSA) is 15.3 Å². The van der Waals surface area contributed by atoms with Gasteiger partial charge < -0.3 is 10.2 Å². The minimum Gasteiger partial charge on any atom is -0.314 e. The highest BCUT2D eigenvalue weighted by atomic mass is 32.2. The fourth-order valence-corrected chi connectivity index (χ4v) is 3.17. The van der Waals surface area contributed by atoms with Crippen molar-refractivity contribution in [2.24, 2.45) is 0 Å². The average molecular weight is 230 g/mol. The molecule has 90 valence electrons. The van der Waals surface area contributed by atoms with Crippen LogP contribution in [0.25, 0.3) is 0 Å². The smallest absolute Gasteiger partial charge is 0.0231 e. The van der Waals surface area contributed by atoms with Crippen LogP contribution in [0.3, 0.4) is 0 Å². The van der Waals surface area contributed by atoms with E-state index in [9.17, 15) is 0 Å². The normalized spacial score (nSPS) is 22.2. The Hall–Kier alpha value is 0.270. The summed E-state index contributed by atoms with van der Waals surface area (Å²) < 4.78 is 0.462. The third kappa shape index (κ3) is 5.79. The van der Waals surface area contributed by atoms with Gasteiger partial charge in [-0.1, -0.05) is 13.8 Å². The lowest BCUT2D eigenvalue weighted by molar-refractivity contribution is 0.255. The predicted octanol–water partition coefficient (Wildman–Crippen LogP) is 2.20. The second-order valence-electron chi connectivity index (χ2n) is 5.35. The summed E-state index contributed by atoms with van der Waals surface area (Å²) in [7, 11) is 0. The van der Waals surface area contributed by atoms with Crippen LogP contribution in [0.5, 0.6) is 0 Å². The quantitative estimate of drug-likeness (QED) is 0.729. The Morgan fingerprint density at radius 2 is 2.13 bits per heavy atom. The van der Waals surface area contributed by atoms with Gasteiger partial charge in [-0.25, -0.2) is 0 Å². The van der Waals surface area contributed by atoms with Crippen molar-refractivity contribution >= 4 is 11.8 Å². The van der Waals surface area contributed by atoms with E-state index in [2.05, 4.69) is 49.7 Å². The second-order valence-corrected chi connectivity index (χ2v) is 7.15. The zero-order valence-electron chi connectivity index (χ0n) is 10.7. The number of nitrogens with zero attached hydrogens (tertiary/aromatic N) is 1. The van der Waals surface area contributed by atoms with E-state index in [0.717, 1.165) is 6.54 Å². The van der Waals surface area contributed by atoms with Crippen molar-refractivity contribution in [3.05, 3.63) is 0 Å². The molecule has 1 heterocycles. The third-order valence-electron chi connectivity index (χ3n) is 2.71. The molecule has 0 saturated carbocycles. The highest BCUT2D eigenvalue weighted by Gasteiger charge is 2.26. The van der Waals surface area contributed by atoms with Gasteiger partial charge in [-0.2, -0.15) is 11.8 Å². The Balaban J connectivity index is 2.11. The van der Waals surface area contributed by atoms with Gasteiger partial charge in [0.2, 0.25) is 0 Å². The minimum absolute atomic E-state index is 0.462. The van der Waals surface area contributed by atoms with Crippen LogP contribution in [-0.2, 0) is 0 Å². The van der Waals surface area contributed by atoms with Crippen LogP contribution in [0.15, 0.2) is 0 Å². The SMILES string of the molecule is CC(C)NCCCN1CCSC(C)(C)C1. The van der Waals surface area contributed by atoms with Crippen LogP contribution in [0.1, 0.15) is 34.1 Å². The Morgan fingerprint density at radius 1 is 1.40 bits per heavy atom. The summed E-state index contributed by atoms with van der Waals surface area (Å²) in [6.45, 7) is 14.1. The first-order valence-corrected chi connectivity index (χ1v) is 7.08. The van der Waals surface area contributed by atoms with E-state index in [-0.39, 0.29) is 0 Å². The number of hydrogen-bond acceptors (Lipinski definition) is 3. The molecule has 0 spiro atoms. The molecule has 0 aromatic rings. The van der Waals surface area contributed by atoms with Crippen LogP contribution >= 0.6 is 11.8 Å². The number of hydrogen-bond donors (Lipinski definition) is 1. The van der Waals surface area contributed by atoms with E-state index in [1.807, 2.05) is 0 Å². The molecule has 1 aliphatic rings. The maximum atomic E-state index is 3.47. The summed E-state index contributed by atoms with van der Waals surface area (Å²) in [6, 6.07) is 0.623. The van der Waals surface area contributed by atoms with Crippen molar-refractivity contribution in [1.29, 1.82) is 0 Å². The zero-order valence-corrected chi connectivity index (χ0v) is 11.5. The standard InChI is InChI=1S/C12H26N2S/c1-11(2)13-6-5-7-14-8-9-15-12(3,4)10-14/h11,13H,5-10H2,1-4H3. The third-order valence-corrected chi connectivity index (χ3v) is 4.01. The summed E-state index contributed by atoms with van der Waals surface area (Å²) in [5.41, 5.74) is 0. The van der Waals surface area contributed by atoms with Crippen molar-refractivity contribution in [1.82, 2.24) is 10.2 Å². The number of nitrogens with one attached hydrogen (secondary N) is 1. The lowest BCUT2D eigenvalue weighted by Gasteiger charge is -2.37. The van der Waals surface area contributed by atoms with Crippen molar-refractivity contribution < 1.29 is 0 Å². The fraction of sp³-hybridized carbons (Fsp3) is 1.00. The Labute approximate surface area is 99.2 Å². The minimum atomic E-state index is 0.462. The molecule has 0 atom stereocenters. The summed E-state index contributed by atoms with van der Waals surface area (Å²) in [4.78, 5) is 2.61. The van der Waals surface area contributed by atoms with Gasteiger partial charge in [-0.3, -0.25) is 0 Å². The average Bonchev–Trinajstić information content (AvgIpc) is 2.10. The molecule has 0 unspecified atom stereocenters. The van der Waals surface area contributed by atoms with E-state index in [1.165, 1.54) is 31.8 Å². The van der Waals surface area contributed by atoms with Crippen LogP contribution in [0.4, 0.5) is 0 Å². The van der Waals surface area contributed by atoms with Crippen LogP contribution in [-0.4, -0.2) is 47.6 Å². The first kappa shape index (κ1) is 13.3. The second kappa shape index (κ2) is 6.12. The molecule has 1 saturated heterocycles. The maximum Gasteiger partial charge on any atom is 0.0231 e. The van der Waals surface area contributed by atoms with E-state index in [0.29, 0.717) is 10.8 Å². The van der Waals surface area contributed by atoms with Gasteiger partial charge in [0.25, 0.3) is 0 Å². The van der Waals surface area contributed by atoms with Crippen molar-refractivity contribution in [2.45, 2.75) is 44.9 Å². The summed E-state index contributed by atoms with van der Waals surface area (Å²) >= 11 is 2.11. The summed E-state index contributed by atoms with van der Waals surface area (Å²) in [5.74, 6) is 1.30. The van der Waals surface area contributed by atoms with Gasteiger partial charge in [0.05, 0.1) is 0 Å². The van der Waals surface area contributed by atoms with E-state index in [1.54, 1.807) is 0 Å². The highest BCUT2D eigenvalue weighted by molar-refractivity contribution is 8.00. The molecule has 1 aliphatic heterocycles. The Kier molecular flexibility index (Phi) is 5.44. The van der Waals surface area contributed by atoms with E-state index in [4.69, 9.17) is 0 Å². The molecule has 0 aromatic heterocycles. The van der Waals surface area contributed by atoms with Gasteiger partial charge in [-0.15, -0.1) is 0 Å².